The van der Waals surface area contributed by atoms with Crippen LogP contribution in [0.1, 0.15) is 86.5 Å². The van der Waals surface area contributed by atoms with Gasteiger partial charge >= 0.3 is 6.18 Å². The molecule has 52 heavy (non-hydrogen) atoms. The lowest BCUT2D eigenvalue weighted by Gasteiger charge is -2.47. The van der Waals surface area contributed by atoms with Gasteiger partial charge in [0.1, 0.15) is 6.10 Å². The van der Waals surface area contributed by atoms with Crippen molar-refractivity contribution >= 4 is 23.2 Å². The van der Waals surface area contributed by atoms with Crippen LogP contribution in [0.15, 0.2) is 36.4 Å². The van der Waals surface area contributed by atoms with Crippen molar-refractivity contribution in [3.8, 4) is 0 Å². The summed E-state index contributed by atoms with van der Waals surface area (Å²) in [6, 6.07) is 11.1. The number of rotatable bonds is 9. The Morgan fingerprint density at radius 1 is 1.08 bits per heavy atom. The second kappa shape index (κ2) is 15.3. The number of piperazine rings is 1. The highest BCUT2D eigenvalue weighted by Crippen LogP contribution is 2.49. The fourth-order valence-electron chi connectivity index (χ4n) is 9.91. The fourth-order valence-corrected chi connectivity index (χ4v) is 9.91. The van der Waals surface area contributed by atoms with E-state index in [-0.39, 0.29) is 40.5 Å². The maximum atomic E-state index is 14.1. The number of nitrogens with one attached hydrogen (secondary N) is 2. The molecule has 2 aromatic rings. The Kier molecular flexibility index (Phi) is 10.9. The number of benzene rings is 2. The van der Waals surface area contributed by atoms with Gasteiger partial charge in [0.25, 0.3) is 5.91 Å². The third-order valence-corrected chi connectivity index (χ3v) is 13.0. The second-order valence-electron chi connectivity index (χ2n) is 16.1. The molecule has 284 valence electrons. The van der Waals surface area contributed by atoms with Crippen LogP contribution in [0.3, 0.4) is 0 Å². The molecule has 1 spiro atoms. The highest BCUT2D eigenvalue weighted by atomic mass is 19.4. The molecular weight excluding hydrogens is 671 g/mol. The number of fused-ring (bicyclic) bond motifs is 3. The first-order valence-electron chi connectivity index (χ1n) is 19.3. The molecule has 3 heterocycles. The number of carbonyl (C=O) groups excluding carboxylic acids is 2. The number of para-hydroxylation sites is 1. The molecule has 9 nitrogen and oxygen atoms in total. The molecule has 0 radical (unpaired) electrons. The van der Waals surface area contributed by atoms with Crippen molar-refractivity contribution in [2.45, 2.75) is 108 Å². The quantitative estimate of drug-likeness (QED) is 0.196. The van der Waals surface area contributed by atoms with Gasteiger partial charge in [-0.25, -0.2) is 0 Å². The molecule has 12 heteroatoms. The van der Waals surface area contributed by atoms with Gasteiger partial charge in [-0.15, -0.1) is 0 Å². The summed E-state index contributed by atoms with van der Waals surface area (Å²) >= 11 is 0. The van der Waals surface area contributed by atoms with Crippen LogP contribution in [0.2, 0.25) is 0 Å². The van der Waals surface area contributed by atoms with Crippen molar-refractivity contribution in [1.29, 1.82) is 0 Å². The number of carbonyl (C=O) groups is 2. The van der Waals surface area contributed by atoms with E-state index in [2.05, 4.69) is 21.6 Å². The maximum absolute atomic E-state index is 14.1. The van der Waals surface area contributed by atoms with Gasteiger partial charge in [0.05, 0.1) is 5.56 Å². The van der Waals surface area contributed by atoms with Gasteiger partial charge in [-0.1, -0.05) is 24.3 Å². The lowest BCUT2D eigenvalue weighted by molar-refractivity contribution is -0.173. The van der Waals surface area contributed by atoms with Gasteiger partial charge in [-0.3, -0.25) is 14.5 Å². The Balaban J connectivity index is 0.999. The largest absolute Gasteiger partial charge is 0.418 e. The molecule has 5 aliphatic rings. The minimum absolute atomic E-state index is 0.0465. The molecular formula is C40H54F3N5O4. The summed E-state index contributed by atoms with van der Waals surface area (Å²) in [5.41, 5.74) is 7.05. The first-order chi connectivity index (χ1) is 24.9. The molecule has 0 bridgehead atoms. The van der Waals surface area contributed by atoms with Crippen molar-refractivity contribution in [2.24, 2.45) is 17.8 Å². The van der Waals surface area contributed by atoms with Crippen LogP contribution >= 0.6 is 0 Å². The molecule has 7 rings (SSSR count). The number of nitrogen functional groups attached to an aromatic ring is 1. The number of aliphatic hydroxyl groups excluding tert-OH is 1. The van der Waals surface area contributed by atoms with Crippen LogP contribution in [-0.2, 0) is 32.3 Å². The summed E-state index contributed by atoms with van der Waals surface area (Å²) in [4.78, 5) is 30.9. The molecule has 2 aliphatic carbocycles. The van der Waals surface area contributed by atoms with Gasteiger partial charge in [0.2, 0.25) is 5.91 Å². The van der Waals surface area contributed by atoms with Crippen LogP contribution in [0.25, 0.3) is 0 Å². The zero-order valence-corrected chi connectivity index (χ0v) is 30.2. The number of amides is 2. The summed E-state index contributed by atoms with van der Waals surface area (Å²) in [7, 11) is 0. The van der Waals surface area contributed by atoms with E-state index in [9.17, 15) is 27.9 Å². The third-order valence-electron chi connectivity index (χ3n) is 13.0. The van der Waals surface area contributed by atoms with Crippen LogP contribution in [-0.4, -0.2) is 84.4 Å². The Bertz CT molecular complexity index is 1600. The number of aryl methyl sites for hydroxylation is 1. The SMILES string of the molecule is Cc1cc(C[C@@H](OC(O)CCC2CCC3(CC2)CC(=O)Nc2ccccc23)C(=O)N2CCN(C3CNCCC4CCC43)CC2)cc(C(F)(F)F)c1N. The van der Waals surface area contributed by atoms with E-state index in [1.54, 1.807) is 11.0 Å². The molecule has 2 amide bonds. The number of alkyl halides is 3. The van der Waals surface area contributed by atoms with Crippen molar-refractivity contribution in [3.63, 3.8) is 0 Å². The minimum atomic E-state index is -4.64. The Hall–Kier alpha value is -3.19. The maximum Gasteiger partial charge on any atom is 0.418 e. The van der Waals surface area contributed by atoms with Crippen LogP contribution in [0, 0.1) is 24.7 Å². The summed E-state index contributed by atoms with van der Waals surface area (Å²) < 4.78 is 47.8. The molecule has 2 aromatic carbocycles. The summed E-state index contributed by atoms with van der Waals surface area (Å²) in [5.74, 6) is 1.52. The Labute approximate surface area is 304 Å². The van der Waals surface area contributed by atoms with E-state index >= 15 is 0 Å². The number of anilines is 2. The number of hydrogen-bond acceptors (Lipinski definition) is 7. The fraction of sp³-hybridized carbons (Fsp3) is 0.650. The zero-order chi connectivity index (χ0) is 36.6. The van der Waals surface area contributed by atoms with Crippen LogP contribution in [0.5, 0.6) is 0 Å². The molecule has 2 saturated heterocycles. The van der Waals surface area contributed by atoms with E-state index in [4.69, 9.17) is 10.5 Å². The van der Waals surface area contributed by atoms with Crippen LogP contribution < -0.4 is 16.4 Å². The molecule has 4 unspecified atom stereocenters. The van der Waals surface area contributed by atoms with E-state index in [0.717, 1.165) is 69.5 Å². The van der Waals surface area contributed by atoms with Crippen molar-refractivity contribution < 1.29 is 32.6 Å². The molecule has 5 N–H and O–H groups in total. The average molecular weight is 726 g/mol. The standard InChI is InChI=1S/C40H54F3N5O4/c1-25-20-27(21-31(37(25)44)40(41,42)43)22-34(38(51)48-18-16-47(17-19-48)33-24-45-15-12-28-7-8-29(28)33)52-36(50)9-6-26-10-13-39(14-11-26)23-35(49)46-32-5-3-2-4-30(32)39/h2-5,20-21,26,28-29,33-34,36,45,50H,6-19,22-24,44H2,1H3,(H,46,49)/t26?,28?,29?,33?,34-,36?,39?/m1/s1. The number of ether oxygens (including phenoxy) is 1. The van der Waals surface area contributed by atoms with E-state index in [0.29, 0.717) is 50.2 Å². The molecule has 4 fully saturated rings. The predicted molar refractivity (Wildman–Crippen MR) is 193 cm³/mol. The number of halogens is 3. The number of aliphatic hydroxyl groups is 1. The van der Waals surface area contributed by atoms with Gasteiger partial charge in [0.15, 0.2) is 6.29 Å². The zero-order valence-electron chi connectivity index (χ0n) is 30.2. The van der Waals surface area contributed by atoms with Crippen molar-refractivity contribution in [2.75, 3.05) is 50.3 Å². The first kappa shape index (κ1) is 37.1. The highest BCUT2D eigenvalue weighted by molar-refractivity contribution is 5.95. The smallest absolute Gasteiger partial charge is 0.398 e. The lowest BCUT2D eigenvalue weighted by atomic mass is 9.63. The molecule has 3 aliphatic heterocycles. The summed E-state index contributed by atoms with van der Waals surface area (Å²) in [6.45, 7) is 5.99. The average Bonchev–Trinajstić information content (AvgIpc) is 3.25. The molecule has 2 saturated carbocycles. The predicted octanol–water partition coefficient (Wildman–Crippen LogP) is 5.63. The Morgan fingerprint density at radius 3 is 2.54 bits per heavy atom. The second-order valence-corrected chi connectivity index (χ2v) is 16.1. The van der Waals surface area contributed by atoms with Crippen molar-refractivity contribution in [1.82, 2.24) is 15.1 Å². The van der Waals surface area contributed by atoms with Gasteiger partial charge in [-0.2, -0.15) is 13.2 Å². The van der Waals surface area contributed by atoms with E-state index < -0.39 is 24.1 Å². The minimum Gasteiger partial charge on any atom is -0.398 e. The summed E-state index contributed by atoms with van der Waals surface area (Å²) in [6.07, 6.45) is 1.63. The third kappa shape index (κ3) is 7.86. The molecule has 5 atom stereocenters. The monoisotopic (exact) mass is 725 g/mol. The topological polar surface area (TPSA) is 120 Å². The highest BCUT2D eigenvalue weighted by Gasteiger charge is 2.44. The number of nitrogens with two attached hydrogens (primary N) is 1. The normalized spacial score (nSPS) is 29.3. The van der Waals surface area contributed by atoms with Crippen molar-refractivity contribution in [3.05, 3.63) is 58.7 Å². The first-order valence-corrected chi connectivity index (χ1v) is 19.3. The molecule has 0 aromatic heterocycles. The van der Waals surface area contributed by atoms with Gasteiger partial charge < -0.3 is 31.1 Å². The van der Waals surface area contributed by atoms with Gasteiger partial charge in [0, 0.05) is 68.4 Å². The summed E-state index contributed by atoms with van der Waals surface area (Å²) in [5, 5.41) is 17.8. The van der Waals surface area contributed by atoms with E-state index in [1.807, 2.05) is 18.2 Å². The lowest BCUT2D eigenvalue weighted by Crippen LogP contribution is -2.58. The van der Waals surface area contributed by atoms with E-state index in [1.165, 1.54) is 31.7 Å². The Morgan fingerprint density at radius 2 is 1.83 bits per heavy atom. The van der Waals surface area contributed by atoms with Crippen LogP contribution in [0.4, 0.5) is 24.5 Å². The van der Waals surface area contributed by atoms with Gasteiger partial charge in [-0.05, 0) is 118 Å². The number of nitrogens with zero attached hydrogens (tertiary/aromatic N) is 2. The number of hydrogen-bond donors (Lipinski definition) is 4.